The molecule has 0 radical (unpaired) electrons. The summed E-state index contributed by atoms with van der Waals surface area (Å²) in [5, 5.41) is 22.5. The predicted octanol–water partition coefficient (Wildman–Crippen LogP) is 1.78. The first kappa shape index (κ1) is 21.7. The molecule has 2 fully saturated rings. The van der Waals surface area contributed by atoms with Gasteiger partial charge in [0.15, 0.2) is 0 Å². The van der Waals surface area contributed by atoms with Crippen molar-refractivity contribution in [1.82, 2.24) is 10.2 Å². The van der Waals surface area contributed by atoms with E-state index in [1.165, 1.54) is 0 Å². The van der Waals surface area contributed by atoms with E-state index in [4.69, 9.17) is 0 Å². The van der Waals surface area contributed by atoms with Crippen molar-refractivity contribution in [1.29, 1.82) is 0 Å². The molecule has 2 aliphatic heterocycles. The summed E-state index contributed by atoms with van der Waals surface area (Å²) in [5.41, 5.74) is 0.372. The van der Waals surface area contributed by atoms with Crippen molar-refractivity contribution in [2.75, 3.05) is 6.54 Å². The molecule has 2 aliphatic rings. The van der Waals surface area contributed by atoms with Crippen molar-refractivity contribution in [2.45, 2.75) is 31.3 Å². The maximum absolute atomic E-state index is 13.4. The second-order valence-electron chi connectivity index (χ2n) is 8.39. The normalized spacial score (nSPS) is 26.9. The lowest BCUT2D eigenvalue weighted by Gasteiger charge is -2.30. The number of imide groups is 1. The lowest BCUT2D eigenvalue weighted by Crippen LogP contribution is -2.57. The zero-order valence-electron chi connectivity index (χ0n) is 17.5. The van der Waals surface area contributed by atoms with Gasteiger partial charge in [-0.25, -0.2) is 0 Å². The molecule has 2 aromatic carbocycles. The number of benzene rings is 2. The molecule has 4 rings (SSSR count). The number of carbonyl (C=O) groups is 4. The van der Waals surface area contributed by atoms with E-state index >= 15 is 0 Å². The summed E-state index contributed by atoms with van der Waals surface area (Å²) in [5.74, 6) is -6.20. The summed E-state index contributed by atoms with van der Waals surface area (Å²) in [7, 11) is 0. The smallest absolute Gasteiger partial charge is 0.325 e. The number of carboxylic acids is 2. The average Bonchev–Trinajstić information content (AvgIpc) is 3.22. The van der Waals surface area contributed by atoms with Crippen LogP contribution >= 0.6 is 0 Å². The second kappa shape index (κ2) is 8.20. The first-order chi connectivity index (χ1) is 15.3. The summed E-state index contributed by atoms with van der Waals surface area (Å²) < 4.78 is 0. The SMILES string of the molecule is Cc1ccccc1C1NC(CC(=O)O)(C(=O)O)C2C(=O)N(CCc3ccccc3)C(=O)C12. The first-order valence-corrected chi connectivity index (χ1v) is 10.4. The van der Waals surface area contributed by atoms with Gasteiger partial charge in [0.2, 0.25) is 11.8 Å². The van der Waals surface area contributed by atoms with Crippen molar-refractivity contribution < 1.29 is 29.4 Å². The van der Waals surface area contributed by atoms with Gasteiger partial charge >= 0.3 is 11.9 Å². The van der Waals surface area contributed by atoms with E-state index < -0.39 is 53.6 Å². The highest BCUT2D eigenvalue weighted by molar-refractivity contribution is 6.10. The highest BCUT2D eigenvalue weighted by atomic mass is 16.4. The zero-order valence-corrected chi connectivity index (χ0v) is 17.5. The maximum Gasteiger partial charge on any atom is 0.325 e. The molecule has 0 aliphatic carbocycles. The molecule has 0 aromatic heterocycles. The molecule has 0 bridgehead atoms. The largest absolute Gasteiger partial charge is 0.481 e. The molecule has 2 saturated heterocycles. The Hall–Kier alpha value is -3.52. The summed E-state index contributed by atoms with van der Waals surface area (Å²) >= 11 is 0. The standard InChI is InChI=1S/C24H24N2O6/c1-14-7-5-6-10-16(14)20-18-19(24(25-20,23(31)32)13-17(27)28)22(30)26(21(18)29)12-11-15-8-3-2-4-9-15/h2-10,18-20,25H,11-13H2,1H3,(H,27,28)(H,31,32). The van der Waals surface area contributed by atoms with Crippen molar-refractivity contribution in [3.63, 3.8) is 0 Å². The monoisotopic (exact) mass is 436 g/mol. The van der Waals surface area contributed by atoms with Crippen LogP contribution in [0.2, 0.25) is 0 Å². The molecule has 4 unspecified atom stereocenters. The third kappa shape index (κ3) is 3.46. The number of amides is 2. The number of nitrogens with zero attached hydrogens (tertiary/aromatic N) is 1. The fourth-order valence-corrected chi connectivity index (χ4v) is 5.04. The van der Waals surface area contributed by atoms with E-state index in [2.05, 4.69) is 5.32 Å². The van der Waals surface area contributed by atoms with Gasteiger partial charge < -0.3 is 10.2 Å². The lowest BCUT2D eigenvalue weighted by atomic mass is 9.77. The van der Waals surface area contributed by atoms with Crippen LogP contribution in [0.3, 0.4) is 0 Å². The van der Waals surface area contributed by atoms with Gasteiger partial charge in [0.1, 0.15) is 5.54 Å². The summed E-state index contributed by atoms with van der Waals surface area (Å²) in [6.45, 7) is 1.94. The molecule has 2 heterocycles. The van der Waals surface area contributed by atoms with Crippen molar-refractivity contribution in [2.24, 2.45) is 11.8 Å². The third-order valence-corrected chi connectivity index (χ3v) is 6.55. The molecular formula is C24H24N2O6. The number of rotatable bonds is 7. The van der Waals surface area contributed by atoms with Crippen LogP contribution < -0.4 is 5.32 Å². The molecule has 0 saturated carbocycles. The topological polar surface area (TPSA) is 124 Å². The van der Waals surface area contributed by atoms with Crippen LogP contribution in [-0.4, -0.2) is 50.9 Å². The number of carboxylic acid groups (broad SMARTS) is 2. The van der Waals surface area contributed by atoms with Crippen LogP contribution in [0.15, 0.2) is 54.6 Å². The molecule has 8 nitrogen and oxygen atoms in total. The quantitative estimate of drug-likeness (QED) is 0.565. The van der Waals surface area contributed by atoms with E-state index in [9.17, 15) is 29.4 Å². The lowest BCUT2D eigenvalue weighted by molar-refractivity contribution is -0.156. The van der Waals surface area contributed by atoms with Gasteiger partial charge in [-0.1, -0.05) is 54.6 Å². The van der Waals surface area contributed by atoms with Crippen molar-refractivity contribution in [3.8, 4) is 0 Å². The van der Waals surface area contributed by atoms with E-state index in [0.717, 1.165) is 16.0 Å². The van der Waals surface area contributed by atoms with Crippen LogP contribution in [0.5, 0.6) is 0 Å². The fraction of sp³-hybridized carbons (Fsp3) is 0.333. The number of hydrogen-bond acceptors (Lipinski definition) is 5. The van der Waals surface area contributed by atoms with Gasteiger partial charge in [-0.2, -0.15) is 0 Å². The number of carbonyl (C=O) groups excluding carboxylic acids is 2. The minimum atomic E-state index is -2.07. The molecule has 3 N–H and O–H groups in total. The van der Waals surface area contributed by atoms with E-state index in [1.54, 1.807) is 12.1 Å². The molecule has 2 aromatic rings. The third-order valence-electron chi connectivity index (χ3n) is 6.55. The van der Waals surface area contributed by atoms with Crippen LogP contribution in [0.1, 0.15) is 29.2 Å². The molecule has 8 heteroatoms. The van der Waals surface area contributed by atoms with E-state index in [0.29, 0.717) is 12.0 Å². The number of likely N-dealkylation sites (tertiary alicyclic amines) is 1. The fourth-order valence-electron chi connectivity index (χ4n) is 5.04. The zero-order chi connectivity index (χ0) is 23.0. The van der Waals surface area contributed by atoms with Gasteiger partial charge in [-0.15, -0.1) is 0 Å². The van der Waals surface area contributed by atoms with Gasteiger partial charge in [0.25, 0.3) is 0 Å². The Labute approximate surface area is 184 Å². The van der Waals surface area contributed by atoms with E-state index in [-0.39, 0.29) is 6.54 Å². The van der Waals surface area contributed by atoms with Gasteiger partial charge in [0.05, 0.1) is 18.3 Å². The summed E-state index contributed by atoms with van der Waals surface area (Å²) in [6.07, 6.45) is -0.378. The number of nitrogens with one attached hydrogen (secondary N) is 1. The van der Waals surface area contributed by atoms with E-state index in [1.807, 2.05) is 49.4 Å². The Kier molecular flexibility index (Phi) is 5.56. The Morgan fingerprint density at radius 2 is 1.66 bits per heavy atom. The average molecular weight is 436 g/mol. The molecule has 2 amide bonds. The number of aliphatic carboxylic acids is 2. The highest BCUT2D eigenvalue weighted by Crippen LogP contribution is 2.50. The number of fused-ring (bicyclic) bond motifs is 1. The minimum Gasteiger partial charge on any atom is -0.481 e. The maximum atomic E-state index is 13.4. The number of hydrogen-bond donors (Lipinski definition) is 3. The molecule has 4 atom stereocenters. The van der Waals surface area contributed by atoms with Crippen molar-refractivity contribution >= 4 is 23.8 Å². The highest BCUT2D eigenvalue weighted by Gasteiger charge is 2.69. The number of aryl methyl sites for hydroxylation is 1. The van der Waals surface area contributed by atoms with Crippen LogP contribution in [0.4, 0.5) is 0 Å². The Morgan fingerprint density at radius 3 is 2.28 bits per heavy atom. The molecule has 32 heavy (non-hydrogen) atoms. The Morgan fingerprint density at radius 1 is 1.00 bits per heavy atom. The van der Waals surface area contributed by atoms with Crippen LogP contribution in [0.25, 0.3) is 0 Å². The predicted molar refractivity (Wildman–Crippen MR) is 114 cm³/mol. The first-order valence-electron chi connectivity index (χ1n) is 10.4. The van der Waals surface area contributed by atoms with Gasteiger partial charge in [-0.05, 0) is 30.0 Å². The molecule has 0 spiro atoms. The summed E-state index contributed by atoms with van der Waals surface area (Å²) in [4.78, 5) is 52.0. The van der Waals surface area contributed by atoms with Gasteiger partial charge in [0, 0.05) is 12.6 Å². The van der Waals surface area contributed by atoms with Crippen LogP contribution in [0, 0.1) is 18.8 Å². The van der Waals surface area contributed by atoms with Gasteiger partial charge in [-0.3, -0.25) is 29.4 Å². The summed E-state index contributed by atoms with van der Waals surface area (Å²) in [6, 6.07) is 15.8. The van der Waals surface area contributed by atoms with Crippen LogP contribution in [-0.2, 0) is 25.6 Å². The minimum absolute atomic E-state index is 0.109. The Bertz CT molecular complexity index is 1080. The van der Waals surface area contributed by atoms with Crippen molar-refractivity contribution in [3.05, 3.63) is 71.3 Å². The molecule has 166 valence electrons. The Balaban J connectivity index is 1.75. The molecular weight excluding hydrogens is 412 g/mol. The second-order valence-corrected chi connectivity index (χ2v) is 8.39.